The van der Waals surface area contributed by atoms with Crippen LogP contribution in [-0.2, 0) is 9.59 Å². The molecule has 1 heterocycles. The Kier molecular flexibility index (Phi) is 8.94. The first-order chi connectivity index (χ1) is 19.2. The monoisotopic (exact) mass is 569 g/mol. The third kappa shape index (κ3) is 6.43. The summed E-state index contributed by atoms with van der Waals surface area (Å²) in [5, 5.41) is 0.359. The number of ketones is 2. The van der Waals surface area contributed by atoms with E-state index in [0.29, 0.717) is 42.1 Å². The molecule has 0 saturated heterocycles. The van der Waals surface area contributed by atoms with Gasteiger partial charge in [0.2, 0.25) is 0 Å². The van der Waals surface area contributed by atoms with E-state index in [9.17, 15) is 22.8 Å². The number of carbonyl (C=O) groups is 2. The van der Waals surface area contributed by atoms with Crippen molar-refractivity contribution in [1.82, 2.24) is 0 Å². The number of aliphatic imine (C=N–C) groups is 1. The van der Waals surface area contributed by atoms with Crippen LogP contribution in [0, 0.1) is 23.7 Å². The van der Waals surface area contributed by atoms with Gasteiger partial charge in [0.05, 0.1) is 5.92 Å². The summed E-state index contributed by atoms with van der Waals surface area (Å²) >= 11 is 6.72. The Morgan fingerprint density at radius 2 is 1.43 bits per heavy atom. The van der Waals surface area contributed by atoms with Gasteiger partial charge in [0.1, 0.15) is 11.0 Å². The van der Waals surface area contributed by atoms with Crippen LogP contribution in [0.3, 0.4) is 0 Å². The summed E-state index contributed by atoms with van der Waals surface area (Å²) in [5.74, 6) is -2.59. The number of Topliss-reactive ketones (excluding diaryl/α,β-unsaturated/α-hetero) is 2. The highest BCUT2D eigenvalue weighted by Crippen LogP contribution is 2.44. The van der Waals surface area contributed by atoms with Crippen molar-refractivity contribution in [2.75, 3.05) is 0 Å². The van der Waals surface area contributed by atoms with Crippen molar-refractivity contribution < 1.29 is 22.8 Å². The Morgan fingerprint density at radius 1 is 0.825 bits per heavy atom. The van der Waals surface area contributed by atoms with Crippen LogP contribution in [0.15, 0.2) is 76.9 Å². The molecule has 3 nitrogen and oxygen atoms in total. The van der Waals surface area contributed by atoms with Crippen LogP contribution in [0.5, 0.6) is 0 Å². The fourth-order valence-corrected chi connectivity index (χ4v) is 7.16. The summed E-state index contributed by atoms with van der Waals surface area (Å²) in [4.78, 5) is 32.6. The van der Waals surface area contributed by atoms with Gasteiger partial charge in [0.15, 0.2) is 5.78 Å². The van der Waals surface area contributed by atoms with Gasteiger partial charge in [0.25, 0.3) is 0 Å². The zero-order chi connectivity index (χ0) is 28.3. The third-order valence-electron chi connectivity index (χ3n) is 9.01. The van der Waals surface area contributed by atoms with Crippen LogP contribution in [-0.4, -0.2) is 22.9 Å². The van der Waals surface area contributed by atoms with E-state index in [4.69, 9.17) is 16.6 Å². The number of carbonyl (C=O) groups excluding carboxylic acids is 2. The van der Waals surface area contributed by atoms with Gasteiger partial charge < -0.3 is 0 Å². The maximum Gasteiger partial charge on any atom is 0.391 e. The molecule has 2 unspecified atom stereocenters. The lowest BCUT2D eigenvalue weighted by atomic mass is 9.73. The summed E-state index contributed by atoms with van der Waals surface area (Å²) in [7, 11) is 0. The van der Waals surface area contributed by atoms with Gasteiger partial charge in [-0.05, 0) is 62.5 Å². The van der Waals surface area contributed by atoms with E-state index in [2.05, 4.69) is 0 Å². The maximum atomic E-state index is 14.3. The standard InChI is InChI=1S/C33H35ClF3NO2/c34-29-20-27(30(21-9-3-1-4-10-21)22-11-5-2-6-12-22)32(40)26-14-8-7-13-24(19-28(26)38-29)31(39)23-15-17-25(18-16-23)33(35,36)37/h1-6,9-12,23-25,27,30H,7-8,13-20H2. The number of hydrogen-bond acceptors (Lipinski definition) is 3. The molecule has 1 saturated carbocycles. The molecule has 7 heteroatoms. The minimum absolute atomic E-state index is 0.00504. The topological polar surface area (TPSA) is 46.5 Å². The summed E-state index contributed by atoms with van der Waals surface area (Å²) < 4.78 is 39.5. The lowest BCUT2D eigenvalue weighted by molar-refractivity contribution is -0.184. The lowest BCUT2D eigenvalue weighted by Gasteiger charge is -2.32. The third-order valence-corrected chi connectivity index (χ3v) is 9.25. The van der Waals surface area contributed by atoms with E-state index in [1.807, 2.05) is 60.7 Å². The number of allylic oxidation sites excluding steroid dienone is 2. The number of benzene rings is 2. The molecule has 0 radical (unpaired) electrons. The number of nitrogens with zero attached hydrogens (tertiary/aromatic N) is 1. The Bertz CT molecular complexity index is 1220. The normalized spacial score (nSPS) is 26.4. The van der Waals surface area contributed by atoms with Crippen LogP contribution in [0.2, 0.25) is 0 Å². The fourth-order valence-electron chi connectivity index (χ4n) is 6.89. The van der Waals surface area contributed by atoms with Crippen LogP contribution in [0.1, 0.15) is 81.3 Å². The quantitative estimate of drug-likeness (QED) is 0.361. The lowest BCUT2D eigenvalue weighted by Crippen LogP contribution is -2.33. The van der Waals surface area contributed by atoms with E-state index in [0.717, 1.165) is 24.0 Å². The summed E-state index contributed by atoms with van der Waals surface area (Å²) in [6, 6.07) is 20.0. The SMILES string of the molecule is O=C(C1CCC(C(F)(F)F)CC1)C1CCCCC2=C(C1)N=C(Cl)CC(C(c1ccccc1)c1ccccc1)C2=O. The Labute approximate surface area is 238 Å². The molecule has 3 aliphatic rings. The molecule has 1 aliphatic heterocycles. The Hall–Kier alpha value is -2.73. The Morgan fingerprint density at radius 3 is 2.00 bits per heavy atom. The van der Waals surface area contributed by atoms with E-state index >= 15 is 0 Å². The highest BCUT2D eigenvalue weighted by Gasteiger charge is 2.44. The predicted molar refractivity (Wildman–Crippen MR) is 151 cm³/mol. The first-order valence-corrected chi connectivity index (χ1v) is 14.8. The molecule has 0 aromatic heterocycles. The molecule has 2 aromatic carbocycles. The van der Waals surface area contributed by atoms with E-state index in [-0.39, 0.29) is 55.0 Å². The molecular weight excluding hydrogens is 535 g/mol. The first-order valence-electron chi connectivity index (χ1n) is 14.4. The first kappa shape index (κ1) is 28.8. The van der Waals surface area contributed by atoms with Gasteiger partial charge in [-0.15, -0.1) is 0 Å². The Balaban J connectivity index is 1.42. The predicted octanol–water partition coefficient (Wildman–Crippen LogP) is 8.82. The molecule has 2 atom stereocenters. The van der Waals surface area contributed by atoms with Crippen molar-refractivity contribution in [3.63, 3.8) is 0 Å². The van der Waals surface area contributed by atoms with Gasteiger partial charge in [0, 0.05) is 41.4 Å². The van der Waals surface area contributed by atoms with Crippen molar-refractivity contribution >= 4 is 28.3 Å². The largest absolute Gasteiger partial charge is 0.391 e. The van der Waals surface area contributed by atoms with Crippen LogP contribution >= 0.6 is 11.6 Å². The van der Waals surface area contributed by atoms with Crippen molar-refractivity contribution in [2.24, 2.45) is 28.7 Å². The van der Waals surface area contributed by atoms with E-state index in [1.54, 1.807) is 0 Å². The number of rotatable bonds is 5. The minimum atomic E-state index is -4.20. The van der Waals surface area contributed by atoms with Crippen LogP contribution < -0.4 is 0 Å². The molecule has 5 rings (SSSR count). The van der Waals surface area contributed by atoms with E-state index < -0.39 is 18.0 Å². The van der Waals surface area contributed by atoms with Crippen molar-refractivity contribution in [3.8, 4) is 0 Å². The molecule has 0 amide bonds. The average Bonchev–Trinajstić information content (AvgIpc) is 3.04. The minimum Gasteiger partial charge on any atom is -0.299 e. The number of hydrogen-bond donors (Lipinski definition) is 0. The molecule has 2 aliphatic carbocycles. The molecule has 0 N–H and O–H groups in total. The van der Waals surface area contributed by atoms with Crippen LogP contribution in [0.4, 0.5) is 13.2 Å². The van der Waals surface area contributed by atoms with Gasteiger partial charge >= 0.3 is 6.18 Å². The molecule has 0 spiro atoms. The zero-order valence-corrected chi connectivity index (χ0v) is 23.3. The second-order valence-electron chi connectivity index (χ2n) is 11.5. The number of halogens is 4. The highest BCUT2D eigenvalue weighted by atomic mass is 35.5. The second kappa shape index (κ2) is 12.4. The smallest absolute Gasteiger partial charge is 0.299 e. The molecule has 2 aromatic rings. The highest BCUT2D eigenvalue weighted by molar-refractivity contribution is 6.65. The van der Waals surface area contributed by atoms with Crippen molar-refractivity contribution in [2.45, 2.75) is 76.3 Å². The van der Waals surface area contributed by atoms with Gasteiger partial charge in [-0.25, -0.2) is 4.99 Å². The fraction of sp³-hybridized carbons (Fsp3) is 0.485. The molecular formula is C33H35ClF3NO2. The van der Waals surface area contributed by atoms with Crippen LogP contribution in [0.25, 0.3) is 0 Å². The number of alkyl halides is 3. The summed E-state index contributed by atoms with van der Waals surface area (Å²) in [6.45, 7) is 0. The van der Waals surface area contributed by atoms with Crippen molar-refractivity contribution in [1.29, 1.82) is 0 Å². The second-order valence-corrected chi connectivity index (χ2v) is 12.0. The average molecular weight is 570 g/mol. The molecule has 40 heavy (non-hydrogen) atoms. The van der Waals surface area contributed by atoms with Gasteiger partial charge in [-0.3, -0.25) is 9.59 Å². The zero-order valence-electron chi connectivity index (χ0n) is 22.5. The van der Waals surface area contributed by atoms with Crippen molar-refractivity contribution in [3.05, 3.63) is 83.1 Å². The summed E-state index contributed by atoms with van der Waals surface area (Å²) in [6.07, 6.45) is -0.214. The maximum absolute atomic E-state index is 14.3. The van der Waals surface area contributed by atoms with Gasteiger partial charge in [-0.1, -0.05) is 78.7 Å². The van der Waals surface area contributed by atoms with Gasteiger partial charge in [-0.2, -0.15) is 13.2 Å². The van der Waals surface area contributed by atoms with E-state index in [1.165, 1.54) is 0 Å². The molecule has 0 bridgehead atoms. The molecule has 1 fully saturated rings. The molecule has 212 valence electrons. The summed E-state index contributed by atoms with van der Waals surface area (Å²) in [5.41, 5.74) is 3.33.